The Morgan fingerprint density at radius 2 is 2.05 bits per heavy atom. The van der Waals surface area contributed by atoms with E-state index in [0.717, 1.165) is 6.42 Å². The SMILES string of the molecule is FC(F)(F)c1c(Cl)ccn2c(CCC3CC3)nnc12. The van der Waals surface area contributed by atoms with Gasteiger partial charge >= 0.3 is 6.18 Å². The van der Waals surface area contributed by atoms with Gasteiger partial charge in [-0.2, -0.15) is 13.2 Å². The molecule has 0 unspecified atom stereocenters. The van der Waals surface area contributed by atoms with Crippen molar-refractivity contribution >= 4 is 17.2 Å². The summed E-state index contributed by atoms with van der Waals surface area (Å²) < 4.78 is 40.2. The molecular formula is C12H11ClF3N3. The van der Waals surface area contributed by atoms with Gasteiger partial charge in [-0.05, 0) is 18.4 Å². The molecular weight excluding hydrogens is 279 g/mol. The number of fused-ring (bicyclic) bond motifs is 1. The van der Waals surface area contributed by atoms with E-state index < -0.39 is 11.7 Å². The fourth-order valence-corrected chi connectivity index (χ4v) is 2.40. The quantitative estimate of drug-likeness (QED) is 0.861. The van der Waals surface area contributed by atoms with E-state index in [9.17, 15) is 13.2 Å². The summed E-state index contributed by atoms with van der Waals surface area (Å²) in [5.74, 6) is 1.26. The maximum absolute atomic E-state index is 12.9. The summed E-state index contributed by atoms with van der Waals surface area (Å²) in [6.07, 6.45) is 0.970. The van der Waals surface area contributed by atoms with Crippen molar-refractivity contribution in [2.75, 3.05) is 0 Å². The van der Waals surface area contributed by atoms with Gasteiger partial charge < -0.3 is 0 Å². The molecule has 1 aliphatic rings. The van der Waals surface area contributed by atoms with Gasteiger partial charge in [0.15, 0.2) is 5.65 Å². The van der Waals surface area contributed by atoms with Crippen LogP contribution in [0.25, 0.3) is 5.65 Å². The zero-order chi connectivity index (χ0) is 13.6. The molecule has 7 heteroatoms. The van der Waals surface area contributed by atoms with Crippen LogP contribution in [0.1, 0.15) is 30.7 Å². The molecule has 3 rings (SSSR count). The molecule has 0 saturated heterocycles. The zero-order valence-corrected chi connectivity index (χ0v) is 10.7. The number of hydrogen-bond donors (Lipinski definition) is 0. The van der Waals surface area contributed by atoms with Gasteiger partial charge in [-0.1, -0.05) is 24.4 Å². The second-order valence-corrected chi connectivity index (χ2v) is 5.24. The van der Waals surface area contributed by atoms with E-state index in [0.29, 0.717) is 18.2 Å². The minimum Gasteiger partial charge on any atom is -0.286 e. The summed E-state index contributed by atoms with van der Waals surface area (Å²) in [6.45, 7) is 0. The highest BCUT2D eigenvalue weighted by Gasteiger charge is 2.37. The number of nitrogens with zero attached hydrogens (tertiary/aromatic N) is 3. The minimum atomic E-state index is -4.53. The normalized spacial score (nSPS) is 16.2. The van der Waals surface area contributed by atoms with Crippen molar-refractivity contribution in [3.05, 3.63) is 28.7 Å². The smallest absolute Gasteiger partial charge is 0.286 e. The molecule has 0 bridgehead atoms. The third kappa shape index (κ3) is 2.41. The molecule has 1 fully saturated rings. The van der Waals surface area contributed by atoms with Crippen molar-refractivity contribution in [2.45, 2.75) is 31.9 Å². The highest BCUT2D eigenvalue weighted by Crippen LogP contribution is 2.37. The fourth-order valence-electron chi connectivity index (χ4n) is 2.15. The second-order valence-electron chi connectivity index (χ2n) is 4.83. The standard InChI is InChI=1S/C12H11ClF3N3/c13-8-5-6-19-9(4-3-7-1-2-7)17-18-11(19)10(8)12(14,15)16/h5-7H,1-4H2. The first-order valence-electron chi connectivity index (χ1n) is 6.06. The molecule has 0 aromatic carbocycles. The lowest BCUT2D eigenvalue weighted by Crippen LogP contribution is -2.09. The summed E-state index contributed by atoms with van der Waals surface area (Å²) in [7, 11) is 0. The van der Waals surface area contributed by atoms with Crippen molar-refractivity contribution in [1.82, 2.24) is 14.6 Å². The van der Waals surface area contributed by atoms with Crippen LogP contribution >= 0.6 is 11.6 Å². The first-order valence-corrected chi connectivity index (χ1v) is 6.44. The van der Waals surface area contributed by atoms with Gasteiger partial charge in [-0.3, -0.25) is 4.40 Å². The number of pyridine rings is 1. The average Bonchev–Trinajstić information content (AvgIpc) is 3.05. The Morgan fingerprint density at radius 3 is 2.68 bits per heavy atom. The molecule has 0 N–H and O–H groups in total. The topological polar surface area (TPSA) is 30.2 Å². The van der Waals surface area contributed by atoms with E-state index in [-0.39, 0.29) is 10.7 Å². The number of alkyl halides is 3. The zero-order valence-electron chi connectivity index (χ0n) is 9.91. The van der Waals surface area contributed by atoms with E-state index in [2.05, 4.69) is 10.2 Å². The predicted octanol–water partition coefficient (Wildman–Crippen LogP) is 3.74. The van der Waals surface area contributed by atoms with Gasteiger partial charge in [0.25, 0.3) is 0 Å². The number of aromatic nitrogens is 3. The Balaban J connectivity index is 2.03. The summed E-state index contributed by atoms with van der Waals surface area (Å²) in [5.41, 5.74) is -1.13. The van der Waals surface area contributed by atoms with Crippen LogP contribution < -0.4 is 0 Å². The van der Waals surface area contributed by atoms with Crippen molar-refractivity contribution in [2.24, 2.45) is 5.92 Å². The monoisotopic (exact) mass is 289 g/mol. The van der Waals surface area contributed by atoms with Crippen LogP contribution in [0.3, 0.4) is 0 Å². The third-order valence-electron chi connectivity index (χ3n) is 3.36. The summed E-state index contributed by atoms with van der Waals surface area (Å²) >= 11 is 5.63. The lowest BCUT2D eigenvalue weighted by atomic mass is 10.2. The molecule has 2 aromatic rings. The summed E-state index contributed by atoms with van der Waals surface area (Å²) in [6, 6.07) is 1.24. The molecule has 0 spiro atoms. The van der Waals surface area contributed by atoms with Gasteiger partial charge in [0, 0.05) is 12.6 Å². The third-order valence-corrected chi connectivity index (χ3v) is 3.67. The van der Waals surface area contributed by atoms with E-state index in [1.165, 1.54) is 29.5 Å². The van der Waals surface area contributed by atoms with Crippen LogP contribution in [0.15, 0.2) is 12.3 Å². The Morgan fingerprint density at radius 1 is 1.32 bits per heavy atom. The highest BCUT2D eigenvalue weighted by molar-refractivity contribution is 6.31. The van der Waals surface area contributed by atoms with E-state index in [4.69, 9.17) is 11.6 Å². The molecule has 102 valence electrons. The molecule has 1 saturated carbocycles. The van der Waals surface area contributed by atoms with E-state index >= 15 is 0 Å². The Kier molecular flexibility index (Phi) is 2.92. The highest BCUT2D eigenvalue weighted by atomic mass is 35.5. The molecule has 0 amide bonds. The maximum atomic E-state index is 12.9. The molecule has 3 nitrogen and oxygen atoms in total. The average molecular weight is 290 g/mol. The van der Waals surface area contributed by atoms with Gasteiger partial charge in [-0.25, -0.2) is 0 Å². The lowest BCUT2D eigenvalue weighted by molar-refractivity contribution is -0.136. The fraction of sp³-hybridized carbons (Fsp3) is 0.500. The van der Waals surface area contributed by atoms with Crippen LogP contribution in [0.4, 0.5) is 13.2 Å². The number of aryl methyl sites for hydroxylation is 1. The molecule has 2 heterocycles. The molecule has 0 atom stereocenters. The maximum Gasteiger partial charge on any atom is 0.421 e. The van der Waals surface area contributed by atoms with E-state index in [1.54, 1.807) is 0 Å². The Labute approximate surface area is 112 Å². The number of rotatable bonds is 3. The van der Waals surface area contributed by atoms with Gasteiger partial charge in [0.05, 0.1) is 5.02 Å². The number of hydrogen-bond acceptors (Lipinski definition) is 2. The Hall–Kier alpha value is -1.30. The largest absolute Gasteiger partial charge is 0.421 e. The molecule has 1 aliphatic carbocycles. The Bertz CT molecular complexity index is 616. The van der Waals surface area contributed by atoms with Crippen molar-refractivity contribution in [3.8, 4) is 0 Å². The van der Waals surface area contributed by atoms with E-state index in [1.807, 2.05) is 0 Å². The van der Waals surface area contributed by atoms with Gasteiger partial charge in [0.2, 0.25) is 0 Å². The minimum absolute atomic E-state index is 0.217. The van der Waals surface area contributed by atoms with Crippen LogP contribution in [0.5, 0.6) is 0 Å². The molecule has 0 aliphatic heterocycles. The van der Waals surface area contributed by atoms with Gasteiger partial charge in [-0.15, -0.1) is 10.2 Å². The summed E-state index contributed by atoms with van der Waals surface area (Å²) in [4.78, 5) is 0. The first-order chi connectivity index (χ1) is 8.97. The summed E-state index contributed by atoms with van der Waals surface area (Å²) in [5, 5.41) is 7.17. The molecule has 19 heavy (non-hydrogen) atoms. The van der Waals surface area contributed by atoms with Crippen LogP contribution in [-0.2, 0) is 12.6 Å². The van der Waals surface area contributed by atoms with Crippen molar-refractivity contribution in [1.29, 1.82) is 0 Å². The predicted molar refractivity (Wildman–Crippen MR) is 64.0 cm³/mol. The lowest BCUT2D eigenvalue weighted by Gasteiger charge is -2.09. The van der Waals surface area contributed by atoms with Crippen LogP contribution in [-0.4, -0.2) is 14.6 Å². The van der Waals surface area contributed by atoms with Gasteiger partial charge in [0.1, 0.15) is 11.4 Å². The van der Waals surface area contributed by atoms with Crippen molar-refractivity contribution < 1.29 is 13.2 Å². The van der Waals surface area contributed by atoms with Crippen LogP contribution in [0.2, 0.25) is 5.02 Å². The molecule has 0 radical (unpaired) electrons. The molecule has 2 aromatic heterocycles. The first kappa shape index (κ1) is 12.7. The second kappa shape index (κ2) is 4.37. The van der Waals surface area contributed by atoms with Crippen LogP contribution in [0, 0.1) is 5.92 Å². The van der Waals surface area contributed by atoms with Crippen molar-refractivity contribution in [3.63, 3.8) is 0 Å². The number of halogens is 4.